The van der Waals surface area contributed by atoms with E-state index in [4.69, 9.17) is 0 Å². The molecule has 2 aromatic carbocycles. The first-order valence-corrected chi connectivity index (χ1v) is 7.81. The first-order chi connectivity index (χ1) is 11.3. The van der Waals surface area contributed by atoms with Crippen molar-refractivity contribution in [1.82, 2.24) is 0 Å². The van der Waals surface area contributed by atoms with Crippen molar-refractivity contribution in [3.8, 4) is 0 Å². The minimum atomic E-state index is -0.331. The number of esters is 1. The number of carbonyl (C=O) groups is 1. The molecule has 0 aromatic heterocycles. The van der Waals surface area contributed by atoms with Gasteiger partial charge in [0.15, 0.2) is 0 Å². The quantitative estimate of drug-likeness (QED) is 0.468. The maximum absolute atomic E-state index is 11.1. The SMILES string of the molecule is COC(=O)/C=C/C=C/C1CC1(c1ccccc1)c1ccccc1. The van der Waals surface area contributed by atoms with Gasteiger partial charge < -0.3 is 4.74 Å². The third-order valence-electron chi connectivity index (χ3n) is 4.48. The van der Waals surface area contributed by atoms with E-state index in [1.54, 1.807) is 6.08 Å². The van der Waals surface area contributed by atoms with E-state index in [1.165, 1.54) is 24.3 Å². The maximum Gasteiger partial charge on any atom is 0.330 e. The number of ether oxygens (including phenoxy) is 1. The summed E-state index contributed by atoms with van der Waals surface area (Å²) < 4.78 is 4.59. The molecular weight excluding hydrogens is 284 g/mol. The molecular formula is C21H20O2. The molecule has 2 heteroatoms. The molecule has 0 N–H and O–H groups in total. The number of hydrogen-bond donors (Lipinski definition) is 0. The number of allylic oxidation sites excluding steroid dienone is 3. The highest BCUT2D eigenvalue weighted by Crippen LogP contribution is 2.59. The van der Waals surface area contributed by atoms with Crippen LogP contribution < -0.4 is 0 Å². The van der Waals surface area contributed by atoms with Gasteiger partial charge in [-0.05, 0) is 23.5 Å². The molecule has 1 saturated carbocycles. The van der Waals surface area contributed by atoms with Crippen LogP contribution in [0, 0.1) is 5.92 Å². The summed E-state index contributed by atoms with van der Waals surface area (Å²) in [5.74, 6) is 0.109. The van der Waals surface area contributed by atoms with E-state index in [9.17, 15) is 4.79 Å². The standard InChI is InChI=1S/C21H20O2/c1-23-20(22)15-9-8-14-19-16-21(19,17-10-4-2-5-11-17)18-12-6-3-7-13-18/h2-15,19H,16H2,1H3/b14-8+,15-9+. The van der Waals surface area contributed by atoms with Crippen LogP contribution in [0.25, 0.3) is 0 Å². The van der Waals surface area contributed by atoms with E-state index < -0.39 is 0 Å². The Labute approximate surface area is 137 Å². The fraction of sp³-hybridized carbons (Fsp3) is 0.190. The molecule has 0 saturated heterocycles. The van der Waals surface area contributed by atoms with Crippen molar-refractivity contribution in [3.05, 3.63) is 96.1 Å². The van der Waals surface area contributed by atoms with Crippen LogP contribution in [0.15, 0.2) is 85.0 Å². The van der Waals surface area contributed by atoms with Crippen molar-refractivity contribution in [2.24, 2.45) is 5.92 Å². The highest BCUT2D eigenvalue weighted by molar-refractivity contribution is 5.82. The average Bonchev–Trinajstić information content (AvgIpc) is 3.35. The minimum Gasteiger partial charge on any atom is -0.466 e. The molecule has 0 bridgehead atoms. The molecule has 116 valence electrons. The van der Waals surface area contributed by atoms with Crippen molar-refractivity contribution in [1.29, 1.82) is 0 Å². The minimum absolute atomic E-state index is 0.0537. The van der Waals surface area contributed by atoms with E-state index in [1.807, 2.05) is 6.08 Å². The summed E-state index contributed by atoms with van der Waals surface area (Å²) in [6, 6.07) is 21.3. The summed E-state index contributed by atoms with van der Waals surface area (Å²) in [6.07, 6.45) is 8.38. The van der Waals surface area contributed by atoms with Gasteiger partial charge in [-0.25, -0.2) is 4.79 Å². The summed E-state index contributed by atoms with van der Waals surface area (Å²) in [6.45, 7) is 0. The average molecular weight is 304 g/mol. The van der Waals surface area contributed by atoms with Crippen LogP contribution in [0.1, 0.15) is 17.5 Å². The molecule has 0 spiro atoms. The highest BCUT2D eigenvalue weighted by Gasteiger charge is 2.54. The van der Waals surface area contributed by atoms with Crippen molar-refractivity contribution < 1.29 is 9.53 Å². The zero-order chi connectivity index (χ0) is 16.1. The van der Waals surface area contributed by atoms with Gasteiger partial charge in [0.05, 0.1) is 7.11 Å². The molecule has 1 fully saturated rings. The Morgan fingerprint density at radius 1 is 1.00 bits per heavy atom. The number of benzene rings is 2. The Bertz CT molecular complexity index is 675. The van der Waals surface area contributed by atoms with Gasteiger partial charge in [0.25, 0.3) is 0 Å². The summed E-state index contributed by atoms with van der Waals surface area (Å²) >= 11 is 0. The number of rotatable bonds is 5. The van der Waals surface area contributed by atoms with Crippen LogP contribution in [0.2, 0.25) is 0 Å². The molecule has 3 rings (SSSR count). The van der Waals surface area contributed by atoms with E-state index in [-0.39, 0.29) is 11.4 Å². The van der Waals surface area contributed by atoms with Crippen LogP contribution in [-0.2, 0) is 14.9 Å². The van der Waals surface area contributed by atoms with Gasteiger partial charge in [0, 0.05) is 11.5 Å². The number of carbonyl (C=O) groups excluding carboxylic acids is 1. The maximum atomic E-state index is 11.1. The molecule has 1 aliphatic rings. The fourth-order valence-corrected chi connectivity index (χ4v) is 3.22. The van der Waals surface area contributed by atoms with Crippen molar-refractivity contribution in [2.75, 3.05) is 7.11 Å². The summed E-state index contributed by atoms with van der Waals surface area (Å²) in [5.41, 5.74) is 2.74. The summed E-state index contributed by atoms with van der Waals surface area (Å²) in [5, 5.41) is 0. The third kappa shape index (κ3) is 3.11. The van der Waals surface area contributed by atoms with E-state index in [0.29, 0.717) is 5.92 Å². The molecule has 0 heterocycles. The predicted molar refractivity (Wildman–Crippen MR) is 92.1 cm³/mol. The number of methoxy groups -OCH3 is 1. The van der Waals surface area contributed by atoms with Gasteiger partial charge in [-0.15, -0.1) is 0 Å². The van der Waals surface area contributed by atoms with Gasteiger partial charge in [-0.2, -0.15) is 0 Å². The van der Waals surface area contributed by atoms with Crippen LogP contribution >= 0.6 is 0 Å². The Morgan fingerprint density at radius 3 is 2.09 bits per heavy atom. The second-order valence-electron chi connectivity index (χ2n) is 5.78. The lowest BCUT2D eigenvalue weighted by atomic mass is 9.85. The summed E-state index contributed by atoms with van der Waals surface area (Å²) in [4.78, 5) is 11.1. The second-order valence-corrected chi connectivity index (χ2v) is 5.78. The van der Waals surface area contributed by atoms with Gasteiger partial charge in [0.2, 0.25) is 0 Å². The van der Waals surface area contributed by atoms with Gasteiger partial charge in [0.1, 0.15) is 0 Å². The molecule has 1 atom stereocenters. The lowest BCUT2D eigenvalue weighted by Crippen LogP contribution is -2.11. The molecule has 1 unspecified atom stereocenters. The first-order valence-electron chi connectivity index (χ1n) is 7.81. The lowest BCUT2D eigenvalue weighted by molar-refractivity contribution is -0.134. The Hall–Kier alpha value is -2.61. The smallest absolute Gasteiger partial charge is 0.330 e. The Kier molecular flexibility index (Phi) is 4.42. The van der Waals surface area contributed by atoms with Crippen molar-refractivity contribution >= 4 is 5.97 Å². The van der Waals surface area contributed by atoms with E-state index >= 15 is 0 Å². The zero-order valence-corrected chi connectivity index (χ0v) is 13.2. The van der Waals surface area contributed by atoms with Gasteiger partial charge in [-0.1, -0.05) is 78.9 Å². The van der Waals surface area contributed by atoms with Crippen LogP contribution in [0.3, 0.4) is 0 Å². The molecule has 2 aromatic rings. The van der Waals surface area contributed by atoms with Crippen LogP contribution in [-0.4, -0.2) is 13.1 Å². The largest absolute Gasteiger partial charge is 0.466 e. The predicted octanol–water partition coefficient (Wildman–Crippen LogP) is 4.28. The topological polar surface area (TPSA) is 26.3 Å². The molecule has 0 aliphatic heterocycles. The lowest BCUT2D eigenvalue weighted by Gasteiger charge is -2.18. The second kappa shape index (κ2) is 6.66. The zero-order valence-electron chi connectivity index (χ0n) is 13.2. The van der Waals surface area contributed by atoms with Crippen molar-refractivity contribution in [3.63, 3.8) is 0 Å². The van der Waals surface area contributed by atoms with Crippen molar-refractivity contribution in [2.45, 2.75) is 11.8 Å². The van der Waals surface area contributed by atoms with E-state index in [0.717, 1.165) is 6.42 Å². The first kappa shape index (κ1) is 15.3. The van der Waals surface area contributed by atoms with Gasteiger partial charge >= 0.3 is 5.97 Å². The summed E-state index contributed by atoms with van der Waals surface area (Å²) in [7, 11) is 1.38. The molecule has 23 heavy (non-hydrogen) atoms. The molecule has 1 aliphatic carbocycles. The Balaban J connectivity index is 1.85. The fourth-order valence-electron chi connectivity index (χ4n) is 3.22. The van der Waals surface area contributed by atoms with Gasteiger partial charge in [-0.3, -0.25) is 0 Å². The van der Waals surface area contributed by atoms with E-state index in [2.05, 4.69) is 71.5 Å². The molecule has 2 nitrogen and oxygen atoms in total. The molecule has 0 amide bonds. The van der Waals surface area contributed by atoms with Crippen LogP contribution in [0.5, 0.6) is 0 Å². The Morgan fingerprint density at radius 2 is 1.57 bits per heavy atom. The number of hydrogen-bond acceptors (Lipinski definition) is 2. The molecule has 0 radical (unpaired) electrons. The highest BCUT2D eigenvalue weighted by atomic mass is 16.5. The monoisotopic (exact) mass is 304 g/mol. The third-order valence-corrected chi connectivity index (χ3v) is 4.48. The van der Waals surface area contributed by atoms with Crippen LogP contribution in [0.4, 0.5) is 0 Å². The normalized spacial score (nSPS) is 19.1.